The molecule has 0 saturated carbocycles. The fraction of sp³-hybridized carbons (Fsp3) is 0.385. The summed E-state index contributed by atoms with van der Waals surface area (Å²) in [5, 5.41) is 19.2. The smallest absolute Gasteiger partial charge is 0.414 e. The number of aliphatic carboxylic acids is 2. The minimum absolute atomic E-state index is 0.0552. The van der Waals surface area contributed by atoms with Gasteiger partial charge in [-0.2, -0.15) is 0 Å². The summed E-state index contributed by atoms with van der Waals surface area (Å²) < 4.78 is 5.86. The van der Waals surface area contributed by atoms with Crippen LogP contribution in [0.5, 0.6) is 5.88 Å². The highest BCUT2D eigenvalue weighted by Crippen LogP contribution is 2.32. The maximum Gasteiger partial charge on any atom is 0.414 e. The van der Waals surface area contributed by atoms with Crippen molar-refractivity contribution in [2.75, 3.05) is 45.9 Å². The number of hydrogen-bond acceptors (Lipinski definition) is 8. The Bertz CT molecular complexity index is 1120. The molecule has 1 saturated heterocycles. The normalized spacial score (nSPS) is 21.6. The molecule has 2 atom stereocenters. The van der Waals surface area contributed by atoms with Gasteiger partial charge in [-0.05, 0) is 24.6 Å². The van der Waals surface area contributed by atoms with Gasteiger partial charge in [0, 0.05) is 45.5 Å². The fourth-order valence-electron chi connectivity index (χ4n) is 4.52. The van der Waals surface area contributed by atoms with Gasteiger partial charge < -0.3 is 19.8 Å². The summed E-state index contributed by atoms with van der Waals surface area (Å²) in [5.41, 5.74) is 4.64. The lowest BCUT2D eigenvalue weighted by molar-refractivity contribution is -0.159. The number of carboxylic acids is 2. The average Bonchev–Trinajstić information content (AvgIpc) is 3.29. The van der Waals surface area contributed by atoms with Crippen molar-refractivity contribution < 1.29 is 29.4 Å². The predicted octanol–water partition coefficient (Wildman–Crippen LogP) is 2.07. The third-order valence-electron chi connectivity index (χ3n) is 6.30. The van der Waals surface area contributed by atoms with Crippen LogP contribution in [0.3, 0.4) is 0 Å². The van der Waals surface area contributed by atoms with Crippen LogP contribution in [0.4, 0.5) is 0 Å². The first-order valence-electron chi connectivity index (χ1n) is 11.9. The maximum absolute atomic E-state index is 9.10. The Balaban J connectivity index is 0.000000455. The van der Waals surface area contributed by atoms with Crippen molar-refractivity contribution in [1.82, 2.24) is 14.8 Å². The van der Waals surface area contributed by atoms with Gasteiger partial charge in [0.25, 0.3) is 0 Å². The summed E-state index contributed by atoms with van der Waals surface area (Å²) in [6, 6.07) is 14.5. The Morgan fingerprint density at radius 3 is 2.42 bits per heavy atom. The Morgan fingerprint density at radius 1 is 1.03 bits per heavy atom. The van der Waals surface area contributed by atoms with Crippen molar-refractivity contribution in [3.63, 3.8) is 0 Å². The van der Waals surface area contributed by atoms with E-state index in [9.17, 15) is 0 Å². The van der Waals surface area contributed by atoms with Crippen molar-refractivity contribution in [1.29, 1.82) is 0 Å². The second-order valence-electron chi connectivity index (χ2n) is 8.98. The van der Waals surface area contributed by atoms with E-state index < -0.39 is 11.9 Å². The van der Waals surface area contributed by atoms with Crippen molar-refractivity contribution in [3.05, 3.63) is 65.4 Å². The third-order valence-corrected chi connectivity index (χ3v) is 6.30. The zero-order valence-corrected chi connectivity index (χ0v) is 20.1. The summed E-state index contributed by atoms with van der Waals surface area (Å²) in [5.74, 6) is -2.79. The SMILES string of the molecule is CC(=Cc1ccccc1)CN1CCN(CC2ON=C3c4cccnc4OCC32)CC1.O=C(O)C(=O)O. The van der Waals surface area contributed by atoms with Crippen LogP contribution in [0.1, 0.15) is 18.1 Å². The zero-order valence-electron chi connectivity index (χ0n) is 20.1. The Morgan fingerprint density at radius 2 is 1.72 bits per heavy atom. The Kier molecular flexibility index (Phi) is 8.29. The van der Waals surface area contributed by atoms with Crippen LogP contribution in [-0.2, 0) is 14.4 Å². The summed E-state index contributed by atoms with van der Waals surface area (Å²) in [6.45, 7) is 9.00. The van der Waals surface area contributed by atoms with E-state index in [1.807, 2.05) is 12.1 Å². The van der Waals surface area contributed by atoms with E-state index in [0.29, 0.717) is 12.5 Å². The average molecular weight is 495 g/mol. The van der Waals surface area contributed by atoms with Crippen LogP contribution in [0, 0.1) is 5.92 Å². The molecule has 5 rings (SSSR count). The van der Waals surface area contributed by atoms with Gasteiger partial charge in [0.1, 0.15) is 12.3 Å². The molecule has 10 heteroatoms. The summed E-state index contributed by atoms with van der Waals surface area (Å²) >= 11 is 0. The van der Waals surface area contributed by atoms with Gasteiger partial charge in [0.15, 0.2) is 6.10 Å². The summed E-state index contributed by atoms with van der Waals surface area (Å²) in [4.78, 5) is 33.4. The van der Waals surface area contributed by atoms with Gasteiger partial charge in [-0.25, -0.2) is 14.6 Å². The number of aromatic nitrogens is 1. The summed E-state index contributed by atoms with van der Waals surface area (Å²) in [7, 11) is 0. The van der Waals surface area contributed by atoms with E-state index in [1.54, 1.807) is 6.20 Å². The highest BCUT2D eigenvalue weighted by atomic mass is 16.6. The first-order valence-corrected chi connectivity index (χ1v) is 11.9. The minimum Gasteiger partial charge on any atom is -0.476 e. The molecule has 1 aromatic heterocycles. The number of fused-ring (bicyclic) bond motifs is 3. The monoisotopic (exact) mass is 494 g/mol. The largest absolute Gasteiger partial charge is 0.476 e. The van der Waals surface area contributed by atoms with Crippen LogP contribution in [0.15, 0.2) is 59.4 Å². The van der Waals surface area contributed by atoms with Crippen LogP contribution in [0.2, 0.25) is 0 Å². The molecule has 0 spiro atoms. The molecule has 10 nitrogen and oxygen atoms in total. The number of carbonyl (C=O) groups is 2. The lowest BCUT2D eigenvalue weighted by atomic mass is 9.91. The van der Waals surface area contributed by atoms with Crippen LogP contribution in [0.25, 0.3) is 6.08 Å². The van der Waals surface area contributed by atoms with Crippen molar-refractivity contribution in [2.45, 2.75) is 13.0 Å². The molecule has 2 N–H and O–H groups in total. The molecule has 190 valence electrons. The summed E-state index contributed by atoms with van der Waals surface area (Å²) in [6.07, 6.45) is 4.09. The standard InChI is InChI=1S/C24H28N4O2.C2H2O4/c1-18(14-19-6-3-2-4-7-19)15-27-10-12-28(13-11-27)16-22-21-17-29-24-20(8-5-9-25-24)23(21)26-30-22;3-1(4)2(5)6/h2-9,14,21-22H,10-13,15-17H2,1H3;(H,3,4)(H,5,6). The maximum atomic E-state index is 9.10. The number of hydrogen-bond donors (Lipinski definition) is 2. The first-order chi connectivity index (χ1) is 17.4. The highest BCUT2D eigenvalue weighted by molar-refractivity contribution is 6.27. The zero-order chi connectivity index (χ0) is 25.5. The molecule has 4 heterocycles. The van der Waals surface area contributed by atoms with Gasteiger partial charge >= 0.3 is 11.9 Å². The molecule has 3 aliphatic heterocycles. The number of nitrogens with zero attached hydrogens (tertiary/aromatic N) is 4. The van der Waals surface area contributed by atoms with Crippen molar-refractivity contribution >= 4 is 23.7 Å². The van der Waals surface area contributed by atoms with E-state index in [1.165, 1.54) is 11.1 Å². The van der Waals surface area contributed by atoms with Gasteiger partial charge in [0.2, 0.25) is 5.88 Å². The van der Waals surface area contributed by atoms with Gasteiger partial charge in [-0.1, -0.05) is 47.1 Å². The van der Waals surface area contributed by atoms with Crippen LogP contribution in [-0.4, -0.2) is 94.6 Å². The second-order valence-corrected chi connectivity index (χ2v) is 8.98. The number of ether oxygens (including phenoxy) is 1. The van der Waals surface area contributed by atoms with E-state index in [2.05, 4.69) is 63.3 Å². The molecule has 0 aliphatic carbocycles. The molecule has 36 heavy (non-hydrogen) atoms. The molecular formula is C26H30N4O6. The molecule has 1 aromatic carbocycles. The molecule has 0 bridgehead atoms. The van der Waals surface area contributed by atoms with Crippen molar-refractivity contribution in [3.8, 4) is 5.88 Å². The van der Waals surface area contributed by atoms with Crippen LogP contribution >= 0.6 is 0 Å². The number of piperazine rings is 1. The van der Waals surface area contributed by atoms with E-state index >= 15 is 0 Å². The van der Waals surface area contributed by atoms with E-state index in [0.717, 1.165) is 50.5 Å². The molecule has 0 amide bonds. The predicted molar refractivity (Wildman–Crippen MR) is 133 cm³/mol. The lowest BCUT2D eigenvalue weighted by Crippen LogP contribution is -2.50. The Labute approximate surface area is 209 Å². The Hall–Kier alpha value is -3.76. The van der Waals surface area contributed by atoms with Gasteiger partial charge in [0.05, 0.1) is 11.5 Å². The molecule has 0 radical (unpaired) electrons. The van der Waals surface area contributed by atoms with Gasteiger partial charge in [-0.15, -0.1) is 0 Å². The highest BCUT2D eigenvalue weighted by Gasteiger charge is 2.41. The number of pyridine rings is 1. The topological polar surface area (TPSA) is 125 Å². The lowest BCUT2D eigenvalue weighted by Gasteiger charge is -2.36. The fourth-order valence-corrected chi connectivity index (χ4v) is 4.52. The number of carboxylic acid groups (broad SMARTS) is 2. The van der Waals surface area contributed by atoms with Crippen molar-refractivity contribution in [2.24, 2.45) is 11.1 Å². The van der Waals surface area contributed by atoms with E-state index in [4.69, 9.17) is 29.4 Å². The second kappa shape index (κ2) is 11.8. The molecule has 1 fully saturated rings. The van der Waals surface area contributed by atoms with Crippen LogP contribution < -0.4 is 4.74 Å². The quantitative estimate of drug-likeness (QED) is 0.601. The number of rotatable bonds is 5. The molecule has 2 unspecified atom stereocenters. The third kappa shape index (κ3) is 6.46. The van der Waals surface area contributed by atoms with Gasteiger partial charge in [-0.3, -0.25) is 9.80 Å². The number of oxime groups is 1. The molecule has 3 aliphatic rings. The molecular weight excluding hydrogens is 464 g/mol. The molecule has 2 aromatic rings. The first kappa shape index (κ1) is 25.3. The minimum atomic E-state index is -1.82. The number of benzene rings is 1. The van der Waals surface area contributed by atoms with E-state index in [-0.39, 0.29) is 12.0 Å².